The first-order chi connectivity index (χ1) is 5.45. The van der Waals surface area contributed by atoms with E-state index in [9.17, 15) is 0 Å². The predicted molar refractivity (Wildman–Crippen MR) is 58.9 cm³/mol. The third-order valence-corrected chi connectivity index (χ3v) is 3.06. The molecular weight excluding hydrogens is 216 g/mol. The summed E-state index contributed by atoms with van der Waals surface area (Å²) in [5.41, 5.74) is 0. The molecule has 3 heteroatoms. The Bertz CT molecular complexity index is 143. The molecule has 0 radical (unpaired) electrons. The number of halogens is 1. The van der Waals surface area contributed by atoms with E-state index in [0.29, 0.717) is 16.7 Å². The Morgan fingerprint density at radius 3 is 2.08 bits per heavy atom. The highest BCUT2D eigenvalue weighted by atomic mass is 79.9. The molecule has 0 spiro atoms. The molecule has 12 heavy (non-hydrogen) atoms. The van der Waals surface area contributed by atoms with E-state index < -0.39 is 0 Å². The normalized spacial score (nSPS) is 16.9. The minimum atomic E-state index is 0.375. The summed E-state index contributed by atoms with van der Waals surface area (Å²) < 4.78 is 0. The summed E-state index contributed by atoms with van der Waals surface area (Å²) in [6.45, 7) is 6.68. The van der Waals surface area contributed by atoms with Crippen LogP contribution in [-0.2, 0) is 0 Å². The van der Waals surface area contributed by atoms with E-state index >= 15 is 0 Å². The maximum absolute atomic E-state index is 4.19. The first-order valence-corrected chi connectivity index (χ1v) is 5.22. The minimum absolute atomic E-state index is 0.375. The summed E-state index contributed by atoms with van der Waals surface area (Å²) in [6, 6.07) is 0. The summed E-state index contributed by atoms with van der Waals surface area (Å²) >= 11 is 3.60. The van der Waals surface area contributed by atoms with E-state index in [1.165, 1.54) is 0 Å². The maximum atomic E-state index is 4.19. The Kier molecular flexibility index (Phi) is 5.55. The number of hydrogen-bond acceptors (Lipinski definition) is 2. The first-order valence-electron chi connectivity index (χ1n) is 4.30. The number of hydrazone groups is 1. The fraction of sp³-hybridized carbons (Fsp3) is 0.889. The van der Waals surface area contributed by atoms with Crippen molar-refractivity contribution in [1.29, 1.82) is 0 Å². The van der Waals surface area contributed by atoms with E-state index in [-0.39, 0.29) is 0 Å². The van der Waals surface area contributed by atoms with Crippen LogP contribution in [0.15, 0.2) is 5.10 Å². The van der Waals surface area contributed by atoms with Crippen LogP contribution in [0, 0.1) is 11.8 Å². The van der Waals surface area contributed by atoms with Gasteiger partial charge in [0.2, 0.25) is 0 Å². The Balaban J connectivity index is 3.94. The van der Waals surface area contributed by atoms with Gasteiger partial charge in [0.05, 0.1) is 4.83 Å². The topological polar surface area (TPSA) is 15.6 Å². The number of rotatable bonds is 4. The molecule has 0 aliphatic heterocycles. The van der Waals surface area contributed by atoms with Crippen LogP contribution in [0.3, 0.4) is 0 Å². The van der Waals surface area contributed by atoms with Crippen molar-refractivity contribution in [3.8, 4) is 0 Å². The largest absolute Gasteiger partial charge is 0.303 e. The van der Waals surface area contributed by atoms with Crippen molar-refractivity contribution in [2.75, 3.05) is 14.1 Å². The first kappa shape index (κ1) is 11.9. The Morgan fingerprint density at radius 2 is 1.75 bits per heavy atom. The third kappa shape index (κ3) is 4.75. The van der Waals surface area contributed by atoms with Crippen molar-refractivity contribution >= 4 is 22.1 Å². The van der Waals surface area contributed by atoms with Gasteiger partial charge in [0.25, 0.3) is 0 Å². The summed E-state index contributed by atoms with van der Waals surface area (Å²) in [7, 11) is 3.85. The highest BCUT2D eigenvalue weighted by Crippen LogP contribution is 2.19. The molecule has 0 aliphatic rings. The zero-order valence-electron chi connectivity index (χ0n) is 8.58. The summed E-state index contributed by atoms with van der Waals surface area (Å²) in [5.74, 6) is 1.30. The fourth-order valence-corrected chi connectivity index (χ4v) is 1.42. The van der Waals surface area contributed by atoms with Gasteiger partial charge in [0.1, 0.15) is 0 Å². The van der Waals surface area contributed by atoms with Crippen LogP contribution >= 0.6 is 15.9 Å². The van der Waals surface area contributed by atoms with Crippen molar-refractivity contribution in [2.24, 2.45) is 16.9 Å². The van der Waals surface area contributed by atoms with Gasteiger partial charge in [0.15, 0.2) is 0 Å². The van der Waals surface area contributed by atoms with Gasteiger partial charge in [-0.15, -0.1) is 0 Å². The highest BCUT2D eigenvalue weighted by molar-refractivity contribution is 9.10. The quantitative estimate of drug-likeness (QED) is 0.415. The second-order valence-electron chi connectivity index (χ2n) is 3.66. The van der Waals surface area contributed by atoms with E-state index in [2.05, 4.69) is 41.8 Å². The molecule has 0 aromatic carbocycles. The molecule has 0 fully saturated rings. The molecule has 0 bridgehead atoms. The average molecular weight is 235 g/mol. The minimum Gasteiger partial charge on any atom is -0.303 e. The van der Waals surface area contributed by atoms with Gasteiger partial charge >= 0.3 is 0 Å². The van der Waals surface area contributed by atoms with Crippen LogP contribution in [0.5, 0.6) is 0 Å². The van der Waals surface area contributed by atoms with Crippen molar-refractivity contribution in [2.45, 2.75) is 25.6 Å². The second kappa shape index (κ2) is 5.57. The zero-order valence-corrected chi connectivity index (χ0v) is 10.2. The third-order valence-electron chi connectivity index (χ3n) is 1.99. The molecule has 0 rings (SSSR count). The Morgan fingerprint density at radius 1 is 1.25 bits per heavy atom. The van der Waals surface area contributed by atoms with Gasteiger partial charge in [-0.3, -0.25) is 0 Å². The Hall–Kier alpha value is -0.0500. The molecule has 2 nitrogen and oxygen atoms in total. The molecule has 2 unspecified atom stereocenters. The lowest BCUT2D eigenvalue weighted by Gasteiger charge is -2.18. The molecule has 2 atom stereocenters. The molecular formula is C9H19BrN2. The maximum Gasteiger partial charge on any atom is 0.0544 e. The molecule has 0 amide bonds. The summed E-state index contributed by atoms with van der Waals surface area (Å²) in [4.78, 5) is 0.375. The van der Waals surface area contributed by atoms with Gasteiger partial charge in [-0.05, 0) is 11.8 Å². The van der Waals surface area contributed by atoms with Crippen molar-refractivity contribution < 1.29 is 0 Å². The van der Waals surface area contributed by atoms with E-state index in [4.69, 9.17) is 0 Å². The van der Waals surface area contributed by atoms with Crippen LogP contribution in [0.2, 0.25) is 0 Å². The Labute approximate surface area is 84.2 Å². The van der Waals surface area contributed by atoms with Crippen molar-refractivity contribution in [1.82, 2.24) is 5.01 Å². The average Bonchev–Trinajstić information content (AvgIpc) is 1.98. The number of nitrogens with zero attached hydrogens (tertiary/aromatic N) is 2. The van der Waals surface area contributed by atoms with Crippen molar-refractivity contribution in [3.05, 3.63) is 0 Å². The van der Waals surface area contributed by atoms with E-state index in [0.717, 1.165) is 0 Å². The summed E-state index contributed by atoms with van der Waals surface area (Å²) in [5, 5.41) is 6.00. The molecule has 0 N–H and O–H groups in total. The smallest absolute Gasteiger partial charge is 0.0544 e. The molecule has 0 aliphatic carbocycles. The van der Waals surface area contributed by atoms with Crippen molar-refractivity contribution in [3.63, 3.8) is 0 Å². The monoisotopic (exact) mass is 234 g/mol. The molecule has 72 valence electrons. The lowest BCUT2D eigenvalue weighted by atomic mass is 9.95. The van der Waals surface area contributed by atoms with Gasteiger partial charge in [-0.2, -0.15) is 5.10 Å². The van der Waals surface area contributed by atoms with Crippen LogP contribution in [0.4, 0.5) is 0 Å². The van der Waals surface area contributed by atoms with Gasteiger partial charge in [-0.1, -0.05) is 36.7 Å². The van der Waals surface area contributed by atoms with Gasteiger partial charge in [-0.25, -0.2) is 0 Å². The van der Waals surface area contributed by atoms with Gasteiger partial charge in [0, 0.05) is 20.3 Å². The molecule has 0 aromatic rings. The van der Waals surface area contributed by atoms with E-state index in [1.54, 1.807) is 5.01 Å². The van der Waals surface area contributed by atoms with Gasteiger partial charge < -0.3 is 5.01 Å². The zero-order chi connectivity index (χ0) is 9.72. The second-order valence-corrected chi connectivity index (χ2v) is 4.72. The SMILES string of the molecule is CC(C)C(C)C(Br)/C=N\N(C)C. The standard InChI is InChI=1S/C9H19BrN2/c1-7(2)8(3)9(10)6-11-12(4)5/h6-9H,1-5H3/b11-6-. The van der Waals surface area contributed by atoms with E-state index in [1.807, 2.05) is 20.3 Å². The fourth-order valence-electron chi connectivity index (χ4n) is 0.700. The molecule has 0 saturated heterocycles. The highest BCUT2D eigenvalue weighted by Gasteiger charge is 2.15. The van der Waals surface area contributed by atoms with Crippen LogP contribution in [0.1, 0.15) is 20.8 Å². The number of alkyl halides is 1. The lowest BCUT2D eigenvalue weighted by Crippen LogP contribution is -2.19. The van der Waals surface area contributed by atoms with Crippen LogP contribution < -0.4 is 0 Å². The molecule has 0 heterocycles. The van der Waals surface area contributed by atoms with Crippen LogP contribution in [-0.4, -0.2) is 30.1 Å². The number of hydrogen-bond donors (Lipinski definition) is 0. The molecule has 0 aromatic heterocycles. The molecule has 0 saturated carbocycles. The predicted octanol–water partition coefficient (Wildman–Crippen LogP) is 2.59. The van der Waals surface area contributed by atoms with Crippen LogP contribution in [0.25, 0.3) is 0 Å². The summed E-state index contributed by atoms with van der Waals surface area (Å²) in [6.07, 6.45) is 1.95. The lowest BCUT2D eigenvalue weighted by molar-refractivity contribution is 0.424.